The Bertz CT molecular complexity index is 1330. The molecule has 174 valence electrons. The molecule has 0 radical (unpaired) electrons. The van der Waals surface area contributed by atoms with Crippen molar-refractivity contribution in [1.29, 1.82) is 0 Å². The molecule has 0 bridgehead atoms. The number of rotatable bonds is 7. The molecule has 0 atom stereocenters. The van der Waals surface area contributed by atoms with Gasteiger partial charge < -0.3 is 14.0 Å². The Morgan fingerprint density at radius 3 is 2.47 bits per heavy atom. The van der Waals surface area contributed by atoms with Crippen LogP contribution in [-0.2, 0) is 11.3 Å². The highest BCUT2D eigenvalue weighted by Crippen LogP contribution is 2.36. The van der Waals surface area contributed by atoms with Crippen molar-refractivity contribution in [3.63, 3.8) is 0 Å². The van der Waals surface area contributed by atoms with E-state index in [-0.39, 0.29) is 12.6 Å². The molecule has 0 aliphatic heterocycles. The number of ether oxygens (including phenoxy) is 2. The van der Waals surface area contributed by atoms with Crippen LogP contribution >= 0.6 is 15.9 Å². The first kappa shape index (κ1) is 23.7. The van der Waals surface area contributed by atoms with Crippen molar-refractivity contribution in [2.45, 2.75) is 20.5 Å². The lowest BCUT2D eigenvalue weighted by molar-refractivity contribution is 0.0526. The second-order valence-corrected chi connectivity index (χ2v) is 8.59. The molecule has 0 saturated heterocycles. The van der Waals surface area contributed by atoms with Gasteiger partial charge in [0.15, 0.2) is 0 Å². The first-order chi connectivity index (χ1) is 16.4. The van der Waals surface area contributed by atoms with E-state index in [2.05, 4.69) is 15.9 Å². The molecule has 0 N–H and O–H groups in total. The number of aromatic nitrogens is 1. The average Bonchev–Trinajstić information content (AvgIpc) is 3.19. The third-order valence-electron chi connectivity index (χ3n) is 5.23. The van der Waals surface area contributed by atoms with Crippen LogP contribution in [-0.4, -0.2) is 17.1 Å². The van der Waals surface area contributed by atoms with E-state index in [0.717, 1.165) is 33.2 Å². The largest absolute Gasteiger partial charge is 0.488 e. The van der Waals surface area contributed by atoms with Crippen LogP contribution in [0, 0.1) is 18.6 Å². The lowest BCUT2D eigenvalue weighted by atomic mass is 10.1. The average molecular weight is 526 g/mol. The van der Waals surface area contributed by atoms with Crippen molar-refractivity contribution in [3.05, 3.63) is 106 Å². The molecule has 7 heteroatoms. The van der Waals surface area contributed by atoms with Gasteiger partial charge in [-0.3, -0.25) is 0 Å². The van der Waals surface area contributed by atoms with Crippen molar-refractivity contribution in [3.8, 4) is 22.7 Å². The maximum absolute atomic E-state index is 13.6. The molecule has 0 spiro atoms. The van der Waals surface area contributed by atoms with E-state index in [1.807, 2.05) is 47.9 Å². The monoisotopic (exact) mass is 525 g/mol. The van der Waals surface area contributed by atoms with E-state index in [9.17, 15) is 13.6 Å². The minimum atomic E-state index is -0.652. The van der Waals surface area contributed by atoms with E-state index in [4.69, 9.17) is 9.47 Å². The highest BCUT2D eigenvalue weighted by molar-refractivity contribution is 9.10. The van der Waals surface area contributed by atoms with Crippen LogP contribution in [0.2, 0.25) is 0 Å². The molecule has 0 saturated carbocycles. The summed E-state index contributed by atoms with van der Waals surface area (Å²) in [6.45, 7) is 4.03. The van der Waals surface area contributed by atoms with Gasteiger partial charge in [-0.15, -0.1) is 0 Å². The fraction of sp³-hybridized carbons (Fsp3) is 0.148. The third-order valence-corrected chi connectivity index (χ3v) is 5.72. The van der Waals surface area contributed by atoms with Gasteiger partial charge in [0.1, 0.15) is 24.0 Å². The van der Waals surface area contributed by atoms with Crippen LogP contribution in [0.15, 0.2) is 77.3 Å². The highest BCUT2D eigenvalue weighted by Gasteiger charge is 2.16. The van der Waals surface area contributed by atoms with Crippen LogP contribution in [0.25, 0.3) is 16.9 Å². The van der Waals surface area contributed by atoms with Crippen molar-refractivity contribution in [2.75, 3.05) is 6.61 Å². The molecule has 3 aromatic carbocycles. The number of esters is 1. The number of hydrogen-bond donors (Lipinski definition) is 0. The normalized spacial score (nSPS) is 10.9. The van der Waals surface area contributed by atoms with Crippen LogP contribution in [0.5, 0.6) is 5.75 Å². The molecule has 0 aliphatic carbocycles. The number of benzene rings is 3. The Hall–Kier alpha value is -3.45. The van der Waals surface area contributed by atoms with Gasteiger partial charge in [-0.05, 0) is 80.1 Å². The summed E-state index contributed by atoms with van der Waals surface area (Å²) in [4.78, 5) is 12.3. The fourth-order valence-corrected chi connectivity index (χ4v) is 4.12. The zero-order chi connectivity index (χ0) is 24.2. The van der Waals surface area contributed by atoms with Crippen molar-refractivity contribution in [1.82, 2.24) is 4.57 Å². The first-order valence-electron chi connectivity index (χ1n) is 10.7. The summed E-state index contributed by atoms with van der Waals surface area (Å²) in [5, 5.41) is 0. The highest BCUT2D eigenvalue weighted by atomic mass is 79.9. The summed E-state index contributed by atoms with van der Waals surface area (Å²) >= 11 is 3.52. The second-order valence-electron chi connectivity index (χ2n) is 7.67. The van der Waals surface area contributed by atoms with E-state index in [1.54, 1.807) is 25.1 Å². The van der Waals surface area contributed by atoms with Gasteiger partial charge in [0.05, 0.1) is 17.9 Å². The molecule has 4 aromatic rings. The van der Waals surface area contributed by atoms with Crippen molar-refractivity contribution >= 4 is 21.9 Å². The standard InChI is InChI=1S/C27H22BrF2NO3/c1-3-33-27(32)19-5-4-6-23(13-19)31-17(2)7-9-25(31)24-14-20(28)8-10-26(24)34-16-18-11-21(29)15-22(30)12-18/h4-15H,3,16H2,1-2H3. The number of carbonyl (C=O) groups excluding carboxylic acids is 1. The van der Waals surface area contributed by atoms with Gasteiger partial charge in [-0.25, -0.2) is 13.6 Å². The molecule has 1 heterocycles. The Labute approximate surface area is 204 Å². The lowest BCUT2D eigenvalue weighted by Gasteiger charge is -2.17. The van der Waals surface area contributed by atoms with Crippen LogP contribution < -0.4 is 4.74 Å². The van der Waals surface area contributed by atoms with Crippen molar-refractivity contribution < 1.29 is 23.0 Å². The lowest BCUT2D eigenvalue weighted by Crippen LogP contribution is -2.07. The first-order valence-corrected chi connectivity index (χ1v) is 11.5. The topological polar surface area (TPSA) is 40.5 Å². The van der Waals surface area contributed by atoms with Crippen LogP contribution in [0.4, 0.5) is 8.78 Å². The van der Waals surface area contributed by atoms with E-state index >= 15 is 0 Å². The minimum Gasteiger partial charge on any atom is -0.488 e. The summed E-state index contributed by atoms with van der Waals surface area (Å²) in [5.74, 6) is -1.14. The number of aryl methyl sites for hydroxylation is 1. The number of halogens is 3. The molecule has 4 nitrogen and oxygen atoms in total. The molecule has 1 aromatic heterocycles. The zero-order valence-corrected chi connectivity index (χ0v) is 20.2. The Kier molecular flexibility index (Phi) is 7.12. The molecule has 34 heavy (non-hydrogen) atoms. The molecule has 0 fully saturated rings. The van der Waals surface area contributed by atoms with Gasteiger partial charge >= 0.3 is 5.97 Å². The summed E-state index contributed by atoms with van der Waals surface area (Å²) in [6.07, 6.45) is 0. The summed E-state index contributed by atoms with van der Waals surface area (Å²) in [5.41, 5.74) is 4.20. The maximum atomic E-state index is 13.6. The van der Waals surface area contributed by atoms with Gasteiger partial charge in [0.25, 0.3) is 0 Å². The third kappa shape index (κ3) is 5.20. The number of carbonyl (C=O) groups is 1. The Morgan fingerprint density at radius 1 is 0.971 bits per heavy atom. The van der Waals surface area contributed by atoms with Gasteiger partial charge in [0.2, 0.25) is 0 Å². The number of nitrogens with zero attached hydrogens (tertiary/aromatic N) is 1. The van der Waals surface area contributed by atoms with Gasteiger partial charge in [0, 0.05) is 27.5 Å². The fourth-order valence-electron chi connectivity index (χ4n) is 3.76. The van der Waals surface area contributed by atoms with E-state index in [1.165, 1.54) is 12.1 Å². The molecular weight excluding hydrogens is 504 g/mol. The SMILES string of the molecule is CCOC(=O)c1cccc(-n2c(C)ccc2-c2cc(Br)ccc2OCc2cc(F)cc(F)c2)c1. The minimum absolute atomic E-state index is 0.00134. The molecule has 4 rings (SSSR count). The summed E-state index contributed by atoms with van der Waals surface area (Å²) < 4.78 is 41.2. The van der Waals surface area contributed by atoms with Gasteiger partial charge in [-0.1, -0.05) is 22.0 Å². The predicted molar refractivity (Wildman–Crippen MR) is 130 cm³/mol. The summed E-state index contributed by atoms with van der Waals surface area (Å²) in [7, 11) is 0. The van der Waals surface area contributed by atoms with Gasteiger partial charge in [-0.2, -0.15) is 0 Å². The molecule has 0 aliphatic rings. The van der Waals surface area contributed by atoms with E-state index in [0.29, 0.717) is 23.5 Å². The zero-order valence-electron chi connectivity index (χ0n) is 18.6. The quantitative estimate of drug-likeness (QED) is 0.238. The molecule has 0 unspecified atom stereocenters. The van der Waals surface area contributed by atoms with Crippen molar-refractivity contribution in [2.24, 2.45) is 0 Å². The smallest absolute Gasteiger partial charge is 0.338 e. The Balaban J connectivity index is 1.73. The Morgan fingerprint density at radius 2 is 1.74 bits per heavy atom. The number of hydrogen-bond acceptors (Lipinski definition) is 3. The second kappa shape index (κ2) is 10.2. The molecular formula is C27H22BrF2NO3. The molecule has 0 amide bonds. The van der Waals surface area contributed by atoms with Crippen LogP contribution in [0.3, 0.4) is 0 Å². The van der Waals surface area contributed by atoms with Crippen LogP contribution in [0.1, 0.15) is 28.5 Å². The predicted octanol–water partition coefficient (Wildman–Crippen LogP) is 7.25. The summed E-state index contributed by atoms with van der Waals surface area (Å²) in [6, 6.07) is 20.0. The maximum Gasteiger partial charge on any atom is 0.338 e. The van der Waals surface area contributed by atoms with E-state index < -0.39 is 11.6 Å².